The average molecular weight is 280 g/mol. The first-order chi connectivity index (χ1) is 7.63. The summed E-state index contributed by atoms with van der Waals surface area (Å²) in [5, 5.41) is 0. The van der Waals surface area contributed by atoms with Gasteiger partial charge in [-0.2, -0.15) is 13.2 Å². The Hall–Kier alpha value is -0.290. The zero-order valence-electron chi connectivity index (χ0n) is 10.2. The summed E-state index contributed by atoms with van der Waals surface area (Å²) in [5.74, 6) is 0. The van der Waals surface area contributed by atoms with Gasteiger partial charge in [0.1, 0.15) is 0 Å². The Balaban J connectivity index is 3.21. The van der Waals surface area contributed by atoms with Crippen LogP contribution in [0.3, 0.4) is 0 Å². The lowest BCUT2D eigenvalue weighted by Gasteiger charge is -2.21. The molecule has 1 aromatic carbocycles. The maximum absolute atomic E-state index is 12.9. The van der Waals surface area contributed by atoms with Crippen LogP contribution < -0.4 is 0 Å². The fourth-order valence-corrected chi connectivity index (χ4v) is 2.80. The van der Waals surface area contributed by atoms with E-state index in [-0.39, 0.29) is 4.75 Å². The summed E-state index contributed by atoms with van der Waals surface area (Å²) in [6.07, 6.45) is -2.52. The van der Waals surface area contributed by atoms with Crippen LogP contribution in [0.5, 0.6) is 0 Å². The van der Waals surface area contributed by atoms with E-state index in [4.69, 9.17) is 0 Å². The zero-order chi connectivity index (χ0) is 13.3. The molecular formula is C12H15F3S2. The SMILES string of the molecule is CSc1ccc(SC(C)(C)C)c(C(F)(F)F)c1. The largest absolute Gasteiger partial charge is 0.417 e. The minimum Gasteiger partial charge on any atom is -0.166 e. The van der Waals surface area contributed by atoms with Crippen molar-refractivity contribution in [1.29, 1.82) is 0 Å². The van der Waals surface area contributed by atoms with Crippen molar-refractivity contribution in [3.63, 3.8) is 0 Å². The number of benzene rings is 1. The molecule has 0 bridgehead atoms. The van der Waals surface area contributed by atoms with Crippen molar-refractivity contribution in [1.82, 2.24) is 0 Å². The Morgan fingerprint density at radius 1 is 1.06 bits per heavy atom. The number of hydrogen-bond donors (Lipinski definition) is 0. The molecule has 1 rings (SSSR count). The molecule has 0 unspecified atom stereocenters. The van der Waals surface area contributed by atoms with Gasteiger partial charge in [-0.3, -0.25) is 0 Å². The molecule has 0 aliphatic rings. The first-order valence-corrected chi connectivity index (χ1v) is 7.12. The highest BCUT2D eigenvalue weighted by molar-refractivity contribution is 8.00. The monoisotopic (exact) mass is 280 g/mol. The van der Waals surface area contributed by atoms with E-state index in [9.17, 15) is 13.2 Å². The molecule has 1 aromatic rings. The van der Waals surface area contributed by atoms with Crippen molar-refractivity contribution in [3.8, 4) is 0 Å². The summed E-state index contributed by atoms with van der Waals surface area (Å²) in [6, 6.07) is 4.51. The molecule has 0 spiro atoms. The molecule has 17 heavy (non-hydrogen) atoms. The van der Waals surface area contributed by atoms with Crippen molar-refractivity contribution in [3.05, 3.63) is 23.8 Å². The predicted octanol–water partition coefficient (Wildman–Crippen LogP) is 5.32. The Morgan fingerprint density at radius 3 is 2.06 bits per heavy atom. The van der Waals surface area contributed by atoms with Gasteiger partial charge in [0.05, 0.1) is 5.56 Å². The summed E-state index contributed by atoms with van der Waals surface area (Å²) >= 11 is 2.56. The van der Waals surface area contributed by atoms with Crippen LogP contribution in [0.1, 0.15) is 26.3 Å². The maximum atomic E-state index is 12.9. The van der Waals surface area contributed by atoms with Crippen LogP contribution in [-0.2, 0) is 6.18 Å². The molecule has 0 saturated carbocycles. The smallest absolute Gasteiger partial charge is 0.166 e. The Bertz CT molecular complexity index is 392. The second-order valence-electron chi connectivity index (χ2n) is 4.57. The highest BCUT2D eigenvalue weighted by Crippen LogP contribution is 2.42. The van der Waals surface area contributed by atoms with Gasteiger partial charge in [-0.25, -0.2) is 0 Å². The number of alkyl halides is 3. The fraction of sp³-hybridized carbons (Fsp3) is 0.500. The standard InChI is InChI=1S/C12H15F3S2/c1-11(2,3)17-10-6-5-8(16-4)7-9(10)12(13,14)15/h5-7H,1-4H3. The van der Waals surface area contributed by atoms with Crippen LogP contribution in [0, 0.1) is 0 Å². The molecule has 5 heteroatoms. The number of thioether (sulfide) groups is 2. The van der Waals surface area contributed by atoms with Gasteiger partial charge in [-0.1, -0.05) is 20.8 Å². The van der Waals surface area contributed by atoms with Gasteiger partial charge in [0.2, 0.25) is 0 Å². The van der Waals surface area contributed by atoms with E-state index in [1.54, 1.807) is 18.4 Å². The van der Waals surface area contributed by atoms with Gasteiger partial charge in [0.15, 0.2) is 0 Å². The van der Waals surface area contributed by atoms with Gasteiger partial charge in [0, 0.05) is 14.5 Å². The molecule has 0 nitrogen and oxygen atoms in total. The summed E-state index contributed by atoms with van der Waals surface area (Å²) < 4.78 is 38.5. The van der Waals surface area contributed by atoms with Gasteiger partial charge in [-0.05, 0) is 24.5 Å². The molecule has 0 fully saturated rings. The van der Waals surface area contributed by atoms with E-state index >= 15 is 0 Å². The lowest BCUT2D eigenvalue weighted by molar-refractivity contribution is -0.139. The third-order valence-corrected chi connectivity index (χ3v) is 3.82. The first kappa shape index (κ1) is 14.8. The Morgan fingerprint density at radius 2 is 1.65 bits per heavy atom. The fourth-order valence-electron chi connectivity index (χ4n) is 1.28. The Labute approximate surface area is 108 Å². The lowest BCUT2D eigenvalue weighted by Crippen LogP contribution is -2.12. The van der Waals surface area contributed by atoms with E-state index in [0.717, 1.165) is 0 Å². The molecular weight excluding hydrogens is 265 g/mol. The van der Waals surface area contributed by atoms with Crippen LogP contribution in [0.2, 0.25) is 0 Å². The summed E-state index contributed by atoms with van der Waals surface area (Å²) in [6.45, 7) is 5.71. The first-order valence-electron chi connectivity index (χ1n) is 5.08. The quantitative estimate of drug-likeness (QED) is 0.673. The highest BCUT2D eigenvalue weighted by Gasteiger charge is 2.34. The number of hydrogen-bond acceptors (Lipinski definition) is 2. The van der Waals surface area contributed by atoms with Crippen LogP contribution in [0.4, 0.5) is 13.2 Å². The van der Waals surface area contributed by atoms with Crippen molar-refractivity contribution >= 4 is 23.5 Å². The highest BCUT2D eigenvalue weighted by atomic mass is 32.2. The minimum absolute atomic E-state index is 0.235. The molecule has 0 radical (unpaired) electrons. The topological polar surface area (TPSA) is 0 Å². The van der Waals surface area contributed by atoms with Crippen LogP contribution in [0.25, 0.3) is 0 Å². The normalized spacial score (nSPS) is 12.9. The summed E-state index contributed by atoms with van der Waals surface area (Å²) in [7, 11) is 0. The maximum Gasteiger partial charge on any atom is 0.417 e. The van der Waals surface area contributed by atoms with E-state index < -0.39 is 11.7 Å². The zero-order valence-corrected chi connectivity index (χ0v) is 11.8. The Kier molecular flexibility index (Phi) is 4.47. The number of halogens is 3. The van der Waals surface area contributed by atoms with Crippen LogP contribution in [0.15, 0.2) is 28.0 Å². The summed E-state index contributed by atoms with van der Waals surface area (Å²) in [4.78, 5) is 0.929. The molecule has 0 amide bonds. The predicted molar refractivity (Wildman–Crippen MR) is 68.8 cm³/mol. The van der Waals surface area contributed by atoms with Crippen LogP contribution in [-0.4, -0.2) is 11.0 Å². The molecule has 0 N–H and O–H groups in total. The van der Waals surface area contributed by atoms with Crippen molar-refractivity contribution < 1.29 is 13.2 Å². The molecule has 96 valence electrons. The van der Waals surface area contributed by atoms with Crippen molar-refractivity contribution in [2.75, 3.05) is 6.26 Å². The van der Waals surface area contributed by atoms with Crippen molar-refractivity contribution in [2.24, 2.45) is 0 Å². The van der Waals surface area contributed by atoms with Gasteiger partial charge in [-0.15, -0.1) is 23.5 Å². The minimum atomic E-state index is -4.29. The van der Waals surface area contributed by atoms with E-state index in [0.29, 0.717) is 9.79 Å². The second kappa shape index (κ2) is 5.14. The van der Waals surface area contributed by atoms with Gasteiger partial charge < -0.3 is 0 Å². The molecule has 0 saturated heterocycles. The molecule has 0 heterocycles. The molecule has 0 atom stereocenters. The van der Waals surface area contributed by atoms with Crippen LogP contribution >= 0.6 is 23.5 Å². The third-order valence-electron chi connectivity index (χ3n) is 1.91. The third kappa shape index (κ3) is 4.47. The van der Waals surface area contributed by atoms with E-state index in [1.807, 2.05) is 20.8 Å². The molecule has 0 aliphatic carbocycles. The van der Waals surface area contributed by atoms with E-state index in [2.05, 4.69) is 0 Å². The van der Waals surface area contributed by atoms with Crippen molar-refractivity contribution in [2.45, 2.75) is 41.5 Å². The lowest BCUT2D eigenvalue weighted by atomic mass is 10.2. The second-order valence-corrected chi connectivity index (χ2v) is 7.32. The average Bonchev–Trinajstić information content (AvgIpc) is 2.14. The van der Waals surface area contributed by atoms with Gasteiger partial charge in [0.25, 0.3) is 0 Å². The summed E-state index contributed by atoms with van der Waals surface area (Å²) in [5.41, 5.74) is -0.538. The molecule has 0 aliphatic heterocycles. The number of rotatable bonds is 2. The van der Waals surface area contributed by atoms with E-state index in [1.165, 1.54) is 29.6 Å². The van der Waals surface area contributed by atoms with Gasteiger partial charge >= 0.3 is 6.18 Å². The molecule has 0 aromatic heterocycles.